The van der Waals surface area contributed by atoms with Crippen LogP contribution in [-0.2, 0) is 16.1 Å². The van der Waals surface area contributed by atoms with Crippen LogP contribution in [0.1, 0.15) is 6.42 Å². The number of carboxylic acids is 2. The third kappa shape index (κ3) is 3.33. The summed E-state index contributed by atoms with van der Waals surface area (Å²) in [7, 11) is 0. The molecule has 1 aromatic heterocycles. The first kappa shape index (κ1) is 14.0. The van der Waals surface area contributed by atoms with Gasteiger partial charge in [0.25, 0.3) is 0 Å². The van der Waals surface area contributed by atoms with Gasteiger partial charge in [-0.05, 0) is 12.1 Å². The van der Waals surface area contributed by atoms with Crippen molar-refractivity contribution in [2.45, 2.75) is 19.0 Å². The molecule has 7 nitrogen and oxygen atoms in total. The molecule has 1 heterocycles. The standard InChI is InChI=1S/C13H15N3O4/c17-12(18)7-10(13(19)20)14-5-6-16-8-15-9-3-1-2-4-11(9)16/h1-4,8,10,14H,5-7H2,(H,17,18)(H,19,20). The Kier molecular flexibility index (Phi) is 4.31. The number of hydrogen-bond acceptors (Lipinski definition) is 4. The average molecular weight is 277 g/mol. The van der Waals surface area contributed by atoms with Gasteiger partial charge < -0.3 is 20.1 Å². The molecular formula is C13H15N3O4. The fourth-order valence-electron chi connectivity index (χ4n) is 1.97. The summed E-state index contributed by atoms with van der Waals surface area (Å²) in [5.74, 6) is -2.30. The summed E-state index contributed by atoms with van der Waals surface area (Å²) < 4.78 is 1.89. The highest BCUT2D eigenvalue weighted by Crippen LogP contribution is 2.11. The Balaban J connectivity index is 1.94. The second-order valence-corrected chi connectivity index (χ2v) is 4.37. The molecule has 0 amide bonds. The number of nitrogens with one attached hydrogen (secondary N) is 1. The van der Waals surface area contributed by atoms with Crippen LogP contribution in [0.25, 0.3) is 11.0 Å². The summed E-state index contributed by atoms with van der Waals surface area (Å²) in [4.78, 5) is 25.7. The van der Waals surface area contributed by atoms with Crippen molar-refractivity contribution in [3.05, 3.63) is 30.6 Å². The van der Waals surface area contributed by atoms with Gasteiger partial charge in [0.2, 0.25) is 0 Å². The minimum Gasteiger partial charge on any atom is -0.481 e. The number of fused-ring (bicyclic) bond motifs is 1. The molecule has 1 atom stereocenters. The van der Waals surface area contributed by atoms with Crippen LogP contribution in [0, 0.1) is 0 Å². The van der Waals surface area contributed by atoms with Gasteiger partial charge in [-0.2, -0.15) is 0 Å². The predicted octanol–water partition coefficient (Wildman–Crippen LogP) is 0.554. The lowest BCUT2D eigenvalue weighted by molar-refractivity contribution is -0.145. The van der Waals surface area contributed by atoms with Crippen LogP contribution in [0.5, 0.6) is 0 Å². The van der Waals surface area contributed by atoms with E-state index in [1.807, 2.05) is 28.8 Å². The summed E-state index contributed by atoms with van der Waals surface area (Å²) in [5.41, 5.74) is 1.83. The third-order valence-corrected chi connectivity index (χ3v) is 2.95. The number of para-hydroxylation sites is 2. The molecule has 0 saturated carbocycles. The van der Waals surface area contributed by atoms with E-state index in [9.17, 15) is 9.59 Å². The fourth-order valence-corrected chi connectivity index (χ4v) is 1.97. The Labute approximate surface area is 114 Å². The van der Waals surface area contributed by atoms with Crippen molar-refractivity contribution in [3.63, 3.8) is 0 Å². The van der Waals surface area contributed by atoms with Crippen LogP contribution in [0.2, 0.25) is 0 Å². The van der Waals surface area contributed by atoms with Crippen LogP contribution in [0.4, 0.5) is 0 Å². The first-order chi connectivity index (χ1) is 9.58. The zero-order valence-electron chi connectivity index (χ0n) is 10.7. The van der Waals surface area contributed by atoms with E-state index in [4.69, 9.17) is 10.2 Å². The van der Waals surface area contributed by atoms with Crippen molar-refractivity contribution in [1.82, 2.24) is 14.9 Å². The predicted molar refractivity (Wildman–Crippen MR) is 71.4 cm³/mol. The van der Waals surface area contributed by atoms with Gasteiger partial charge in [-0.1, -0.05) is 12.1 Å². The second-order valence-electron chi connectivity index (χ2n) is 4.37. The topological polar surface area (TPSA) is 104 Å². The number of aromatic nitrogens is 2. The monoisotopic (exact) mass is 277 g/mol. The smallest absolute Gasteiger partial charge is 0.321 e. The van der Waals surface area contributed by atoms with Gasteiger partial charge in [-0.25, -0.2) is 4.98 Å². The zero-order chi connectivity index (χ0) is 14.5. The molecular weight excluding hydrogens is 262 g/mol. The molecule has 0 aliphatic heterocycles. The van der Waals surface area contributed by atoms with Gasteiger partial charge in [-0.15, -0.1) is 0 Å². The first-order valence-electron chi connectivity index (χ1n) is 6.16. The maximum absolute atomic E-state index is 10.9. The number of carbonyl (C=O) groups is 2. The van der Waals surface area contributed by atoms with Gasteiger partial charge in [-0.3, -0.25) is 9.59 Å². The molecule has 1 unspecified atom stereocenters. The molecule has 2 aromatic rings. The van der Waals surface area contributed by atoms with E-state index < -0.39 is 24.4 Å². The maximum atomic E-state index is 10.9. The number of aliphatic carboxylic acids is 2. The number of imidazole rings is 1. The van der Waals surface area contributed by atoms with Gasteiger partial charge in [0, 0.05) is 13.1 Å². The van der Waals surface area contributed by atoms with E-state index in [-0.39, 0.29) is 0 Å². The molecule has 1 aromatic carbocycles. The largest absolute Gasteiger partial charge is 0.481 e. The van der Waals surface area contributed by atoms with Gasteiger partial charge >= 0.3 is 11.9 Å². The highest BCUT2D eigenvalue weighted by atomic mass is 16.4. The summed E-state index contributed by atoms with van der Waals surface area (Å²) >= 11 is 0. The lowest BCUT2D eigenvalue weighted by Gasteiger charge is -2.12. The normalized spacial score (nSPS) is 12.4. The van der Waals surface area contributed by atoms with Crippen LogP contribution in [0.15, 0.2) is 30.6 Å². The van der Waals surface area contributed by atoms with Gasteiger partial charge in [0.1, 0.15) is 6.04 Å². The number of rotatable bonds is 7. The van der Waals surface area contributed by atoms with Crippen LogP contribution in [0.3, 0.4) is 0 Å². The highest BCUT2D eigenvalue weighted by molar-refractivity contribution is 5.80. The van der Waals surface area contributed by atoms with Crippen molar-refractivity contribution < 1.29 is 19.8 Å². The molecule has 3 N–H and O–H groups in total. The van der Waals surface area contributed by atoms with Crippen molar-refractivity contribution in [2.75, 3.05) is 6.54 Å². The molecule has 0 bridgehead atoms. The molecule has 0 aliphatic rings. The van der Waals surface area contributed by atoms with E-state index in [1.54, 1.807) is 6.33 Å². The van der Waals surface area contributed by atoms with Gasteiger partial charge in [0.15, 0.2) is 0 Å². The molecule has 0 fully saturated rings. The molecule has 0 radical (unpaired) electrons. The molecule has 7 heteroatoms. The van der Waals surface area contributed by atoms with Crippen molar-refractivity contribution >= 4 is 23.0 Å². The summed E-state index contributed by atoms with van der Waals surface area (Å²) in [6.07, 6.45) is 1.24. The van der Waals surface area contributed by atoms with Crippen molar-refractivity contribution in [3.8, 4) is 0 Å². The molecule has 2 rings (SSSR count). The van der Waals surface area contributed by atoms with Gasteiger partial charge in [0.05, 0.1) is 23.8 Å². The SMILES string of the molecule is O=C(O)CC(NCCn1cnc2ccccc21)C(=O)O. The van der Waals surface area contributed by atoms with E-state index in [0.717, 1.165) is 11.0 Å². The van der Waals surface area contributed by atoms with E-state index in [0.29, 0.717) is 13.1 Å². The number of hydrogen-bond donors (Lipinski definition) is 3. The Bertz CT molecular complexity index is 623. The minimum atomic E-state index is -1.16. The van der Waals surface area contributed by atoms with Crippen molar-refractivity contribution in [2.24, 2.45) is 0 Å². The average Bonchev–Trinajstić information content (AvgIpc) is 2.80. The Hall–Kier alpha value is -2.41. The number of carboxylic acid groups (broad SMARTS) is 2. The van der Waals surface area contributed by atoms with Crippen LogP contribution < -0.4 is 5.32 Å². The summed E-state index contributed by atoms with van der Waals surface area (Å²) in [6.45, 7) is 0.870. The summed E-state index contributed by atoms with van der Waals surface area (Å²) in [6, 6.07) is 6.53. The zero-order valence-corrected chi connectivity index (χ0v) is 10.7. The lowest BCUT2D eigenvalue weighted by Crippen LogP contribution is -2.40. The Morgan fingerprint density at radius 3 is 2.75 bits per heavy atom. The second kappa shape index (κ2) is 6.16. The molecule has 0 saturated heterocycles. The number of benzene rings is 1. The first-order valence-corrected chi connectivity index (χ1v) is 6.16. The Morgan fingerprint density at radius 1 is 1.30 bits per heavy atom. The quantitative estimate of drug-likeness (QED) is 0.683. The molecule has 106 valence electrons. The number of nitrogens with zero attached hydrogens (tertiary/aromatic N) is 2. The third-order valence-electron chi connectivity index (χ3n) is 2.95. The van der Waals surface area contributed by atoms with Crippen LogP contribution in [-0.4, -0.2) is 44.3 Å². The molecule has 0 spiro atoms. The van der Waals surface area contributed by atoms with Crippen molar-refractivity contribution in [1.29, 1.82) is 0 Å². The lowest BCUT2D eigenvalue weighted by atomic mass is 10.2. The molecule has 20 heavy (non-hydrogen) atoms. The summed E-state index contributed by atoms with van der Waals surface area (Å²) in [5, 5.41) is 20.3. The van der Waals surface area contributed by atoms with E-state index in [2.05, 4.69) is 10.3 Å². The maximum Gasteiger partial charge on any atom is 0.321 e. The molecule has 0 aliphatic carbocycles. The van der Waals surface area contributed by atoms with Crippen LogP contribution >= 0.6 is 0 Å². The fraction of sp³-hybridized carbons (Fsp3) is 0.308. The minimum absolute atomic E-state index is 0.352. The van der Waals surface area contributed by atoms with E-state index in [1.165, 1.54) is 0 Å². The highest BCUT2D eigenvalue weighted by Gasteiger charge is 2.19. The van der Waals surface area contributed by atoms with E-state index >= 15 is 0 Å². The Morgan fingerprint density at radius 2 is 2.05 bits per heavy atom.